The molecule has 9 heteroatoms. The van der Waals surface area contributed by atoms with Gasteiger partial charge in [-0.2, -0.15) is 0 Å². The van der Waals surface area contributed by atoms with Gasteiger partial charge in [-0.25, -0.2) is 4.79 Å². The maximum atomic E-state index is 12.5. The highest BCUT2D eigenvalue weighted by Gasteiger charge is 2.38. The van der Waals surface area contributed by atoms with Crippen molar-refractivity contribution in [2.24, 2.45) is 11.7 Å². The molecule has 1 atom stereocenters. The standard InChI is InChI=1S/C15H20BrN3O4S/c1-15(2,3)23-14(22)19-10(7-4-5-7)13(21)18-8-6-9(16)24-11(8)12(17)20/h6-7,10H,4-5H2,1-3H3,(H2,17,20)(H,18,21)(H,19,22)/t10-/m0/s1. The highest BCUT2D eigenvalue weighted by atomic mass is 79.9. The van der Waals surface area contributed by atoms with E-state index >= 15 is 0 Å². The first kappa shape index (κ1) is 18.7. The van der Waals surface area contributed by atoms with Crippen LogP contribution in [0.3, 0.4) is 0 Å². The van der Waals surface area contributed by atoms with Crippen molar-refractivity contribution >= 4 is 50.9 Å². The molecule has 0 bridgehead atoms. The number of alkyl carbamates (subject to hydrolysis) is 1. The molecule has 7 nitrogen and oxygen atoms in total. The van der Waals surface area contributed by atoms with Gasteiger partial charge in [-0.15, -0.1) is 11.3 Å². The Kier molecular flexibility index (Phi) is 5.54. The van der Waals surface area contributed by atoms with Gasteiger partial charge in [0.25, 0.3) is 5.91 Å². The van der Waals surface area contributed by atoms with E-state index in [2.05, 4.69) is 26.6 Å². The maximum Gasteiger partial charge on any atom is 0.408 e. The fourth-order valence-electron chi connectivity index (χ4n) is 2.11. The van der Waals surface area contributed by atoms with Crippen molar-refractivity contribution in [3.8, 4) is 0 Å². The first-order valence-corrected chi connectivity index (χ1v) is 9.07. The maximum absolute atomic E-state index is 12.5. The van der Waals surface area contributed by atoms with Crippen molar-refractivity contribution < 1.29 is 19.1 Å². The molecule has 0 radical (unpaired) electrons. The molecular weight excluding hydrogens is 398 g/mol. The molecule has 0 aliphatic heterocycles. The quantitative estimate of drug-likeness (QED) is 0.683. The second-order valence-corrected chi connectivity index (χ2v) is 9.04. The third kappa shape index (κ3) is 5.20. The minimum Gasteiger partial charge on any atom is -0.444 e. The van der Waals surface area contributed by atoms with Crippen LogP contribution in [0.2, 0.25) is 0 Å². The summed E-state index contributed by atoms with van der Waals surface area (Å²) in [6.45, 7) is 5.25. The largest absolute Gasteiger partial charge is 0.444 e. The van der Waals surface area contributed by atoms with Crippen LogP contribution < -0.4 is 16.4 Å². The van der Waals surface area contributed by atoms with Gasteiger partial charge in [0.1, 0.15) is 16.5 Å². The number of anilines is 1. The lowest BCUT2D eigenvalue weighted by Crippen LogP contribution is -2.47. The Hall–Kier alpha value is -1.61. The Morgan fingerprint density at radius 2 is 2.00 bits per heavy atom. The van der Waals surface area contributed by atoms with Crippen molar-refractivity contribution in [3.05, 3.63) is 14.7 Å². The number of ether oxygens (including phenoxy) is 1. The van der Waals surface area contributed by atoms with E-state index < -0.39 is 29.6 Å². The van der Waals surface area contributed by atoms with E-state index in [0.29, 0.717) is 9.47 Å². The molecule has 1 aliphatic carbocycles. The molecule has 1 saturated carbocycles. The van der Waals surface area contributed by atoms with Crippen LogP contribution in [0, 0.1) is 5.92 Å². The molecule has 1 heterocycles. The molecule has 1 aromatic rings. The summed E-state index contributed by atoms with van der Waals surface area (Å²) < 4.78 is 5.88. The first-order valence-electron chi connectivity index (χ1n) is 7.46. The minimum atomic E-state index is -0.709. The van der Waals surface area contributed by atoms with Crippen LogP contribution in [-0.2, 0) is 9.53 Å². The lowest BCUT2D eigenvalue weighted by molar-refractivity contribution is -0.118. The summed E-state index contributed by atoms with van der Waals surface area (Å²) in [6, 6.07) is 0.902. The summed E-state index contributed by atoms with van der Waals surface area (Å²) in [5.74, 6) is -0.947. The highest BCUT2D eigenvalue weighted by molar-refractivity contribution is 9.11. The lowest BCUT2D eigenvalue weighted by atomic mass is 10.1. The van der Waals surface area contributed by atoms with E-state index in [1.54, 1.807) is 26.8 Å². The average molecular weight is 418 g/mol. The second kappa shape index (κ2) is 7.10. The van der Waals surface area contributed by atoms with Crippen LogP contribution in [0.15, 0.2) is 9.85 Å². The van der Waals surface area contributed by atoms with Gasteiger partial charge in [0.2, 0.25) is 5.91 Å². The van der Waals surface area contributed by atoms with Crippen LogP contribution in [0.4, 0.5) is 10.5 Å². The number of hydrogen-bond acceptors (Lipinski definition) is 5. The zero-order chi connectivity index (χ0) is 18.1. The number of primary amides is 1. The third-order valence-corrected chi connectivity index (χ3v) is 4.88. The molecule has 1 aliphatic rings. The summed E-state index contributed by atoms with van der Waals surface area (Å²) >= 11 is 4.40. The molecule has 4 N–H and O–H groups in total. The number of nitrogens with two attached hydrogens (primary N) is 1. The number of halogens is 1. The second-order valence-electron chi connectivity index (χ2n) is 6.61. The summed E-state index contributed by atoms with van der Waals surface area (Å²) in [6.07, 6.45) is 1.06. The highest BCUT2D eigenvalue weighted by Crippen LogP contribution is 2.35. The Bertz CT molecular complexity index is 664. The molecule has 132 valence electrons. The molecule has 0 saturated heterocycles. The van der Waals surface area contributed by atoms with Gasteiger partial charge in [-0.1, -0.05) is 0 Å². The molecule has 3 amide bonds. The Morgan fingerprint density at radius 3 is 2.50 bits per heavy atom. The van der Waals surface area contributed by atoms with E-state index in [1.165, 1.54) is 0 Å². The van der Waals surface area contributed by atoms with E-state index in [0.717, 1.165) is 24.2 Å². The van der Waals surface area contributed by atoms with Gasteiger partial charge in [-0.05, 0) is 61.5 Å². The van der Waals surface area contributed by atoms with Crippen molar-refractivity contribution in [2.45, 2.75) is 45.3 Å². The third-order valence-electron chi connectivity index (χ3n) is 3.23. The SMILES string of the molecule is CC(C)(C)OC(=O)N[C@H](C(=O)Nc1cc(Br)sc1C(N)=O)C1CC1. The molecule has 0 unspecified atom stereocenters. The monoisotopic (exact) mass is 417 g/mol. The molecule has 1 fully saturated rings. The van der Waals surface area contributed by atoms with Crippen LogP contribution in [0.5, 0.6) is 0 Å². The van der Waals surface area contributed by atoms with Crippen molar-refractivity contribution in [1.29, 1.82) is 0 Å². The van der Waals surface area contributed by atoms with Crippen LogP contribution in [0.25, 0.3) is 0 Å². The number of nitrogens with one attached hydrogen (secondary N) is 2. The number of amides is 3. The zero-order valence-electron chi connectivity index (χ0n) is 13.6. The Morgan fingerprint density at radius 1 is 1.38 bits per heavy atom. The number of carbonyl (C=O) groups is 3. The summed E-state index contributed by atoms with van der Waals surface area (Å²) in [4.78, 5) is 36.2. The van der Waals surface area contributed by atoms with Crippen LogP contribution in [0.1, 0.15) is 43.3 Å². The van der Waals surface area contributed by atoms with E-state index in [4.69, 9.17) is 10.5 Å². The predicted octanol–water partition coefficient (Wildman–Crippen LogP) is 2.85. The van der Waals surface area contributed by atoms with Gasteiger partial charge in [0.15, 0.2) is 0 Å². The summed E-state index contributed by atoms with van der Waals surface area (Å²) in [5, 5.41) is 5.29. The van der Waals surface area contributed by atoms with E-state index in [1.807, 2.05) is 0 Å². The van der Waals surface area contributed by atoms with Crippen molar-refractivity contribution in [3.63, 3.8) is 0 Å². The van der Waals surface area contributed by atoms with Gasteiger partial charge in [0.05, 0.1) is 9.47 Å². The topological polar surface area (TPSA) is 111 Å². The van der Waals surface area contributed by atoms with Crippen LogP contribution >= 0.6 is 27.3 Å². The number of carbonyl (C=O) groups excluding carboxylic acids is 3. The first-order chi connectivity index (χ1) is 11.1. The Labute approximate surface area is 152 Å². The fraction of sp³-hybridized carbons (Fsp3) is 0.533. The van der Waals surface area contributed by atoms with E-state index in [9.17, 15) is 14.4 Å². The zero-order valence-corrected chi connectivity index (χ0v) is 16.0. The van der Waals surface area contributed by atoms with Gasteiger partial charge < -0.3 is 21.1 Å². The lowest BCUT2D eigenvalue weighted by Gasteiger charge is -2.23. The number of thiophene rings is 1. The molecule has 0 aromatic carbocycles. The molecule has 0 spiro atoms. The van der Waals surface area contributed by atoms with Crippen molar-refractivity contribution in [2.75, 3.05) is 5.32 Å². The van der Waals surface area contributed by atoms with E-state index in [-0.39, 0.29) is 10.8 Å². The van der Waals surface area contributed by atoms with Gasteiger partial charge >= 0.3 is 6.09 Å². The molecule has 24 heavy (non-hydrogen) atoms. The summed E-state index contributed by atoms with van der Waals surface area (Å²) in [7, 11) is 0. The number of hydrogen-bond donors (Lipinski definition) is 3. The van der Waals surface area contributed by atoms with Gasteiger partial charge in [0, 0.05) is 0 Å². The fourth-order valence-corrected chi connectivity index (χ4v) is 3.52. The minimum absolute atomic E-state index is 0.0663. The Balaban J connectivity index is 2.07. The van der Waals surface area contributed by atoms with Gasteiger partial charge in [-0.3, -0.25) is 9.59 Å². The molecular formula is C15H20BrN3O4S. The van der Waals surface area contributed by atoms with Crippen molar-refractivity contribution in [1.82, 2.24) is 5.32 Å². The summed E-state index contributed by atoms with van der Waals surface area (Å²) in [5.41, 5.74) is 5.00. The number of rotatable bonds is 5. The molecule has 1 aromatic heterocycles. The normalized spacial score (nSPS) is 15.5. The smallest absolute Gasteiger partial charge is 0.408 e. The molecule has 2 rings (SSSR count). The average Bonchev–Trinajstić information content (AvgIpc) is 3.17. The van der Waals surface area contributed by atoms with Crippen LogP contribution in [-0.4, -0.2) is 29.6 Å². The predicted molar refractivity (Wildman–Crippen MR) is 95.0 cm³/mol.